The minimum Gasteiger partial charge on any atom is -0.384 e. The minimum atomic E-state index is -1.14. The third-order valence-corrected chi connectivity index (χ3v) is 3.86. The summed E-state index contributed by atoms with van der Waals surface area (Å²) in [5.74, 6) is -0.781. The summed E-state index contributed by atoms with van der Waals surface area (Å²) in [5, 5.41) is 12.4. The molecule has 0 bridgehead atoms. The number of carbonyl (C=O) groups excluding carboxylic acids is 2. The van der Waals surface area contributed by atoms with Gasteiger partial charge in [-0.15, -0.1) is 0 Å². The number of halogens is 2. The zero-order chi connectivity index (χ0) is 14.9. The van der Waals surface area contributed by atoms with Gasteiger partial charge in [-0.1, -0.05) is 23.2 Å². The van der Waals surface area contributed by atoms with E-state index >= 15 is 0 Å². The molecule has 2 unspecified atom stereocenters. The van der Waals surface area contributed by atoms with Gasteiger partial charge in [0.2, 0.25) is 11.8 Å². The third-order valence-electron chi connectivity index (χ3n) is 3.12. The van der Waals surface area contributed by atoms with E-state index in [-0.39, 0.29) is 5.91 Å². The number of hydrogen-bond donors (Lipinski definition) is 2. The first-order valence-corrected chi connectivity index (χ1v) is 6.90. The molecule has 1 saturated heterocycles. The zero-order valence-electron chi connectivity index (χ0n) is 10.8. The Balaban J connectivity index is 2.11. The molecule has 0 radical (unpaired) electrons. The largest absolute Gasteiger partial charge is 0.384 e. The van der Waals surface area contributed by atoms with Crippen LogP contribution >= 0.6 is 23.2 Å². The van der Waals surface area contributed by atoms with Crippen molar-refractivity contribution < 1.29 is 14.7 Å². The van der Waals surface area contributed by atoms with Gasteiger partial charge in [0.15, 0.2) is 0 Å². The molecule has 1 aliphatic rings. The topological polar surface area (TPSA) is 69.6 Å². The molecule has 7 heteroatoms. The van der Waals surface area contributed by atoms with E-state index < -0.39 is 18.1 Å². The Hall–Kier alpha value is -1.30. The quantitative estimate of drug-likeness (QED) is 0.889. The number of anilines is 1. The van der Waals surface area contributed by atoms with Crippen molar-refractivity contribution in [2.45, 2.75) is 25.5 Å². The van der Waals surface area contributed by atoms with Crippen LogP contribution in [0.2, 0.25) is 10.0 Å². The van der Waals surface area contributed by atoms with E-state index in [1.165, 1.54) is 11.8 Å². The molecule has 2 atom stereocenters. The summed E-state index contributed by atoms with van der Waals surface area (Å²) in [4.78, 5) is 25.2. The fraction of sp³-hybridized carbons (Fsp3) is 0.385. The second-order valence-electron chi connectivity index (χ2n) is 4.61. The molecule has 1 aromatic carbocycles. The molecule has 2 N–H and O–H groups in total. The fourth-order valence-corrected chi connectivity index (χ4v) is 2.31. The first-order valence-electron chi connectivity index (χ1n) is 6.15. The van der Waals surface area contributed by atoms with E-state index in [4.69, 9.17) is 28.3 Å². The smallest absolute Gasteiger partial charge is 0.249 e. The van der Waals surface area contributed by atoms with Crippen molar-refractivity contribution in [1.82, 2.24) is 5.32 Å². The molecule has 1 fully saturated rings. The Morgan fingerprint density at radius 3 is 2.75 bits per heavy atom. The van der Waals surface area contributed by atoms with E-state index in [9.17, 15) is 9.59 Å². The molecule has 108 valence electrons. The van der Waals surface area contributed by atoms with Crippen molar-refractivity contribution >= 4 is 40.7 Å². The molecule has 2 rings (SSSR count). The van der Waals surface area contributed by atoms with E-state index in [2.05, 4.69) is 5.32 Å². The molecule has 20 heavy (non-hydrogen) atoms. The van der Waals surface area contributed by atoms with Crippen LogP contribution in [0.15, 0.2) is 18.2 Å². The van der Waals surface area contributed by atoms with E-state index in [1.54, 1.807) is 18.2 Å². The average Bonchev–Trinajstić information content (AvgIpc) is 2.74. The summed E-state index contributed by atoms with van der Waals surface area (Å²) in [7, 11) is 0. The van der Waals surface area contributed by atoms with Gasteiger partial charge in [-0.2, -0.15) is 0 Å². The molecule has 0 aliphatic carbocycles. The van der Waals surface area contributed by atoms with Gasteiger partial charge in [0.05, 0.1) is 10.0 Å². The fourth-order valence-electron chi connectivity index (χ4n) is 2.02. The Labute approximate surface area is 126 Å². The van der Waals surface area contributed by atoms with Crippen LogP contribution in [0.5, 0.6) is 0 Å². The van der Waals surface area contributed by atoms with Crippen LogP contribution in [0.1, 0.15) is 13.3 Å². The predicted octanol–water partition coefficient (Wildman–Crippen LogP) is 1.60. The number of benzene rings is 1. The highest BCUT2D eigenvalue weighted by Crippen LogP contribution is 2.29. The number of carbonyl (C=O) groups is 2. The molecule has 1 heterocycles. The second-order valence-corrected chi connectivity index (χ2v) is 5.43. The van der Waals surface area contributed by atoms with Gasteiger partial charge >= 0.3 is 0 Å². The Morgan fingerprint density at radius 2 is 2.15 bits per heavy atom. The first-order chi connectivity index (χ1) is 9.40. The van der Waals surface area contributed by atoms with Crippen molar-refractivity contribution in [3.05, 3.63) is 28.2 Å². The Bertz CT molecular complexity index is 548. The molecule has 0 aromatic heterocycles. The molecule has 2 amide bonds. The average molecular weight is 317 g/mol. The van der Waals surface area contributed by atoms with Crippen LogP contribution in [-0.4, -0.2) is 35.6 Å². The molecule has 1 aromatic rings. The number of hydrogen-bond acceptors (Lipinski definition) is 3. The summed E-state index contributed by atoms with van der Waals surface area (Å²) in [6.45, 7) is 1.83. The summed E-state index contributed by atoms with van der Waals surface area (Å²) in [6, 6.07) is 4.31. The van der Waals surface area contributed by atoms with Gasteiger partial charge in [-0.3, -0.25) is 9.59 Å². The zero-order valence-corrected chi connectivity index (χ0v) is 12.3. The number of nitrogens with one attached hydrogen (secondary N) is 1. The monoisotopic (exact) mass is 316 g/mol. The normalized spacial score (nSPS) is 20.1. The summed E-state index contributed by atoms with van der Waals surface area (Å²) in [5.41, 5.74) is 0.637. The van der Waals surface area contributed by atoms with Crippen LogP contribution in [-0.2, 0) is 9.59 Å². The van der Waals surface area contributed by atoms with Crippen LogP contribution in [0.25, 0.3) is 0 Å². The first kappa shape index (κ1) is 15.1. The van der Waals surface area contributed by atoms with Crippen molar-refractivity contribution in [3.8, 4) is 0 Å². The summed E-state index contributed by atoms with van der Waals surface area (Å²) < 4.78 is 0. The summed E-state index contributed by atoms with van der Waals surface area (Å²) >= 11 is 11.8. The van der Waals surface area contributed by atoms with Crippen LogP contribution < -0.4 is 10.2 Å². The second kappa shape index (κ2) is 5.99. The SMILES string of the molecule is CC(O)C(=O)NC1CCN(c2ccc(Cl)c(Cl)c2)C1=O. The number of rotatable bonds is 3. The molecule has 0 spiro atoms. The van der Waals surface area contributed by atoms with E-state index in [0.717, 1.165) is 0 Å². The lowest BCUT2D eigenvalue weighted by Crippen LogP contribution is -2.44. The third kappa shape index (κ3) is 3.06. The van der Waals surface area contributed by atoms with Gasteiger partial charge in [-0.25, -0.2) is 0 Å². The lowest BCUT2D eigenvalue weighted by Gasteiger charge is -2.18. The standard InChI is InChI=1S/C13H14Cl2N2O3/c1-7(18)12(19)16-11-4-5-17(13(11)20)8-2-3-9(14)10(15)6-8/h2-3,6-7,11,18H,4-5H2,1H3,(H,16,19). The lowest BCUT2D eigenvalue weighted by atomic mass is 10.2. The van der Waals surface area contributed by atoms with Crippen molar-refractivity contribution in [2.24, 2.45) is 0 Å². The molecular formula is C13H14Cl2N2O3. The van der Waals surface area contributed by atoms with Crippen LogP contribution in [0.4, 0.5) is 5.69 Å². The molecular weight excluding hydrogens is 303 g/mol. The number of nitrogens with zero attached hydrogens (tertiary/aromatic N) is 1. The lowest BCUT2D eigenvalue weighted by molar-refractivity contribution is -0.131. The van der Waals surface area contributed by atoms with Crippen molar-refractivity contribution in [2.75, 3.05) is 11.4 Å². The maximum Gasteiger partial charge on any atom is 0.249 e. The highest BCUT2D eigenvalue weighted by atomic mass is 35.5. The van der Waals surface area contributed by atoms with E-state index in [0.29, 0.717) is 28.7 Å². The number of amides is 2. The van der Waals surface area contributed by atoms with Crippen molar-refractivity contribution in [3.63, 3.8) is 0 Å². The van der Waals surface area contributed by atoms with Crippen LogP contribution in [0.3, 0.4) is 0 Å². The molecule has 1 aliphatic heterocycles. The maximum absolute atomic E-state index is 12.2. The molecule has 5 nitrogen and oxygen atoms in total. The highest BCUT2D eigenvalue weighted by molar-refractivity contribution is 6.42. The number of aliphatic hydroxyl groups excluding tert-OH is 1. The van der Waals surface area contributed by atoms with Crippen molar-refractivity contribution in [1.29, 1.82) is 0 Å². The summed E-state index contributed by atoms with van der Waals surface area (Å²) in [6.07, 6.45) is -0.654. The van der Waals surface area contributed by atoms with Gasteiger partial charge in [-0.05, 0) is 31.5 Å². The van der Waals surface area contributed by atoms with Gasteiger partial charge < -0.3 is 15.3 Å². The minimum absolute atomic E-state index is 0.225. The van der Waals surface area contributed by atoms with Gasteiger partial charge in [0.1, 0.15) is 12.1 Å². The van der Waals surface area contributed by atoms with Crippen LogP contribution in [0, 0.1) is 0 Å². The Morgan fingerprint density at radius 1 is 1.45 bits per heavy atom. The maximum atomic E-state index is 12.2. The highest BCUT2D eigenvalue weighted by Gasteiger charge is 2.34. The molecule has 0 saturated carbocycles. The van der Waals surface area contributed by atoms with Gasteiger partial charge in [0, 0.05) is 12.2 Å². The number of aliphatic hydroxyl groups is 1. The van der Waals surface area contributed by atoms with E-state index in [1.807, 2.05) is 0 Å². The Kier molecular flexibility index (Phi) is 4.52. The van der Waals surface area contributed by atoms with Gasteiger partial charge in [0.25, 0.3) is 0 Å². The predicted molar refractivity (Wildman–Crippen MR) is 77.0 cm³/mol.